The summed E-state index contributed by atoms with van der Waals surface area (Å²) < 4.78 is 38.7. The number of rotatable bonds is 3. The summed E-state index contributed by atoms with van der Waals surface area (Å²) in [7, 11) is 0. The Morgan fingerprint density at radius 1 is 1.37 bits per heavy atom. The van der Waals surface area contributed by atoms with E-state index in [0.717, 1.165) is 25.6 Å². The maximum absolute atomic E-state index is 12.9. The third kappa shape index (κ3) is 3.48. The smallest absolute Gasteiger partial charge is 0.328 e. The number of hydrogen-bond acceptors (Lipinski definition) is 2. The lowest BCUT2D eigenvalue weighted by Gasteiger charge is -2.20. The molecule has 0 saturated carbocycles. The molecule has 0 aromatic heterocycles. The van der Waals surface area contributed by atoms with E-state index in [1.807, 2.05) is 6.92 Å². The van der Waals surface area contributed by atoms with Gasteiger partial charge in [-0.1, -0.05) is 18.2 Å². The summed E-state index contributed by atoms with van der Waals surface area (Å²) in [6.45, 7) is 3.90. The van der Waals surface area contributed by atoms with Crippen LogP contribution in [0.25, 0.3) is 0 Å². The number of benzene rings is 1. The highest BCUT2D eigenvalue weighted by molar-refractivity contribution is 5.29. The zero-order chi connectivity index (χ0) is 14.0. The van der Waals surface area contributed by atoms with Crippen molar-refractivity contribution in [2.45, 2.75) is 32.1 Å². The van der Waals surface area contributed by atoms with Gasteiger partial charge in [-0.15, -0.1) is 0 Å². The van der Waals surface area contributed by atoms with E-state index < -0.39 is 11.7 Å². The van der Waals surface area contributed by atoms with Gasteiger partial charge >= 0.3 is 6.18 Å². The molecular formula is C14H19F3N2. The lowest BCUT2D eigenvalue weighted by Crippen LogP contribution is -2.30. The number of nitrogens with zero attached hydrogens (tertiary/aromatic N) is 1. The number of alkyl halides is 3. The van der Waals surface area contributed by atoms with Gasteiger partial charge < -0.3 is 5.73 Å². The van der Waals surface area contributed by atoms with Crippen LogP contribution in [0.5, 0.6) is 0 Å². The molecule has 0 spiro atoms. The predicted octanol–water partition coefficient (Wildman–Crippen LogP) is 2.87. The van der Waals surface area contributed by atoms with E-state index in [4.69, 9.17) is 5.73 Å². The van der Waals surface area contributed by atoms with E-state index >= 15 is 0 Å². The first-order chi connectivity index (χ1) is 8.88. The molecule has 1 aromatic rings. The van der Waals surface area contributed by atoms with Crippen LogP contribution in [-0.2, 0) is 12.7 Å². The van der Waals surface area contributed by atoms with Gasteiger partial charge in [-0.3, -0.25) is 4.90 Å². The van der Waals surface area contributed by atoms with E-state index in [-0.39, 0.29) is 6.04 Å². The number of likely N-dealkylation sites (tertiary alicyclic amines) is 1. The van der Waals surface area contributed by atoms with Gasteiger partial charge in [-0.25, -0.2) is 0 Å². The van der Waals surface area contributed by atoms with E-state index in [0.29, 0.717) is 18.0 Å². The predicted molar refractivity (Wildman–Crippen MR) is 68.5 cm³/mol. The molecule has 2 atom stereocenters. The van der Waals surface area contributed by atoms with Crippen LogP contribution in [0.15, 0.2) is 24.3 Å². The van der Waals surface area contributed by atoms with Crippen LogP contribution in [-0.4, -0.2) is 24.0 Å². The van der Waals surface area contributed by atoms with E-state index in [9.17, 15) is 13.2 Å². The Balaban J connectivity index is 2.08. The molecule has 2 rings (SSSR count). The fraction of sp³-hybridized carbons (Fsp3) is 0.571. The Kier molecular flexibility index (Phi) is 4.16. The van der Waals surface area contributed by atoms with Crippen molar-refractivity contribution in [1.29, 1.82) is 0 Å². The summed E-state index contributed by atoms with van der Waals surface area (Å²) in [4.78, 5) is 2.05. The van der Waals surface area contributed by atoms with Crippen LogP contribution < -0.4 is 5.73 Å². The van der Waals surface area contributed by atoms with Crippen molar-refractivity contribution in [3.8, 4) is 0 Å². The summed E-state index contributed by atoms with van der Waals surface area (Å²) >= 11 is 0. The van der Waals surface area contributed by atoms with Gasteiger partial charge in [0.25, 0.3) is 0 Å². The molecule has 1 aromatic carbocycles. The molecule has 106 valence electrons. The highest BCUT2D eigenvalue weighted by atomic mass is 19.4. The van der Waals surface area contributed by atoms with Crippen LogP contribution in [0.1, 0.15) is 24.5 Å². The standard InChI is InChI=1S/C14H19F3N2/c1-10(18)11-6-7-19(8-11)9-12-4-2-3-5-13(12)14(15,16)17/h2-5,10-11H,6-9,18H2,1H3. The minimum Gasteiger partial charge on any atom is -0.328 e. The summed E-state index contributed by atoms with van der Waals surface area (Å²) in [6.07, 6.45) is -3.32. The maximum Gasteiger partial charge on any atom is 0.416 e. The van der Waals surface area contributed by atoms with Crippen molar-refractivity contribution in [2.24, 2.45) is 11.7 Å². The largest absolute Gasteiger partial charge is 0.416 e. The number of halogens is 3. The second-order valence-electron chi connectivity index (χ2n) is 5.30. The van der Waals surface area contributed by atoms with Crippen LogP contribution in [0.3, 0.4) is 0 Å². The Bertz CT molecular complexity index is 429. The summed E-state index contributed by atoms with van der Waals surface area (Å²) in [5.74, 6) is 0.387. The summed E-state index contributed by atoms with van der Waals surface area (Å²) in [5.41, 5.74) is 5.66. The Morgan fingerprint density at radius 2 is 2.05 bits per heavy atom. The van der Waals surface area contributed by atoms with Crippen molar-refractivity contribution in [2.75, 3.05) is 13.1 Å². The van der Waals surface area contributed by atoms with Crippen molar-refractivity contribution in [1.82, 2.24) is 4.90 Å². The minimum absolute atomic E-state index is 0.0999. The molecule has 1 aliphatic rings. The van der Waals surface area contributed by atoms with E-state index in [1.54, 1.807) is 12.1 Å². The van der Waals surface area contributed by atoms with Crippen LogP contribution >= 0.6 is 0 Å². The van der Waals surface area contributed by atoms with Gasteiger partial charge in [-0.05, 0) is 37.4 Å². The lowest BCUT2D eigenvalue weighted by atomic mass is 10.0. The van der Waals surface area contributed by atoms with Crippen molar-refractivity contribution >= 4 is 0 Å². The molecule has 0 bridgehead atoms. The molecule has 1 saturated heterocycles. The first-order valence-electron chi connectivity index (χ1n) is 6.51. The molecule has 2 N–H and O–H groups in total. The van der Waals surface area contributed by atoms with E-state index in [2.05, 4.69) is 4.90 Å². The van der Waals surface area contributed by atoms with Gasteiger partial charge in [0.2, 0.25) is 0 Å². The molecular weight excluding hydrogens is 253 g/mol. The third-order valence-electron chi connectivity index (χ3n) is 3.77. The van der Waals surface area contributed by atoms with Crippen molar-refractivity contribution < 1.29 is 13.2 Å². The zero-order valence-electron chi connectivity index (χ0n) is 11.0. The second-order valence-corrected chi connectivity index (χ2v) is 5.30. The van der Waals surface area contributed by atoms with Crippen LogP contribution in [0, 0.1) is 5.92 Å². The molecule has 1 aliphatic heterocycles. The van der Waals surface area contributed by atoms with Crippen molar-refractivity contribution in [3.63, 3.8) is 0 Å². The monoisotopic (exact) mass is 272 g/mol. The first kappa shape index (κ1) is 14.3. The fourth-order valence-corrected chi connectivity index (χ4v) is 2.61. The topological polar surface area (TPSA) is 29.3 Å². The number of nitrogens with two attached hydrogens (primary N) is 1. The molecule has 2 nitrogen and oxygen atoms in total. The molecule has 5 heteroatoms. The Hall–Kier alpha value is -1.07. The maximum atomic E-state index is 12.9. The van der Waals surface area contributed by atoms with Gasteiger partial charge in [0.15, 0.2) is 0 Å². The molecule has 1 heterocycles. The highest BCUT2D eigenvalue weighted by Crippen LogP contribution is 2.33. The third-order valence-corrected chi connectivity index (χ3v) is 3.77. The van der Waals surface area contributed by atoms with Gasteiger partial charge in [0, 0.05) is 19.1 Å². The molecule has 0 aliphatic carbocycles. The molecule has 19 heavy (non-hydrogen) atoms. The van der Waals surface area contributed by atoms with Crippen LogP contribution in [0.4, 0.5) is 13.2 Å². The SMILES string of the molecule is CC(N)C1CCN(Cc2ccccc2C(F)(F)F)C1. The van der Waals surface area contributed by atoms with Crippen LogP contribution in [0.2, 0.25) is 0 Å². The normalized spacial score (nSPS) is 22.7. The fourth-order valence-electron chi connectivity index (χ4n) is 2.61. The molecule has 0 radical (unpaired) electrons. The average Bonchev–Trinajstić information content (AvgIpc) is 2.77. The zero-order valence-corrected chi connectivity index (χ0v) is 11.0. The molecule has 1 fully saturated rings. The Morgan fingerprint density at radius 3 is 2.63 bits per heavy atom. The second kappa shape index (κ2) is 5.51. The number of hydrogen-bond donors (Lipinski definition) is 1. The first-order valence-corrected chi connectivity index (χ1v) is 6.51. The van der Waals surface area contributed by atoms with Gasteiger partial charge in [0.1, 0.15) is 0 Å². The van der Waals surface area contributed by atoms with Gasteiger partial charge in [-0.2, -0.15) is 13.2 Å². The highest BCUT2D eigenvalue weighted by Gasteiger charge is 2.34. The minimum atomic E-state index is -4.28. The lowest BCUT2D eigenvalue weighted by molar-refractivity contribution is -0.138. The molecule has 2 unspecified atom stereocenters. The van der Waals surface area contributed by atoms with E-state index in [1.165, 1.54) is 6.07 Å². The Labute approximate surface area is 111 Å². The summed E-state index contributed by atoms with van der Waals surface area (Å²) in [5, 5.41) is 0. The van der Waals surface area contributed by atoms with Gasteiger partial charge in [0.05, 0.1) is 5.56 Å². The summed E-state index contributed by atoms with van der Waals surface area (Å²) in [6, 6.07) is 5.89. The molecule has 0 amide bonds. The average molecular weight is 272 g/mol. The van der Waals surface area contributed by atoms with Crippen molar-refractivity contribution in [3.05, 3.63) is 35.4 Å². The quantitative estimate of drug-likeness (QED) is 0.916.